The van der Waals surface area contributed by atoms with Crippen LogP contribution < -0.4 is 10.3 Å². The van der Waals surface area contributed by atoms with E-state index >= 15 is 0 Å². The Morgan fingerprint density at radius 3 is 2.63 bits per heavy atom. The zero-order valence-electron chi connectivity index (χ0n) is 21.0. The molecule has 0 aliphatic rings. The molecule has 0 fully saturated rings. The normalized spacial score (nSPS) is 11.5. The third-order valence-electron chi connectivity index (χ3n) is 6.25. The van der Waals surface area contributed by atoms with Crippen molar-refractivity contribution in [3.8, 4) is 17.3 Å². The summed E-state index contributed by atoms with van der Waals surface area (Å²) < 4.78 is 13.9. The van der Waals surface area contributed by atoms with Crippen LogP contribution in [0, 0.1) is 10.1 Å². The molecule has 0 saturated heterocycles. The van der Waals surface area contributed by atoms with Gasteiger partial charge in [-0.05, 0) is 48.0 Å². The van der Waals surface area contributed by atoms with Crippen LogP contribution in [0.5, 0.6) is 5.75 Å². The molecule has 0 aliphatic heterocycles. The Morgan fingerprint density at radius 2 is 1.83 bits per heavy atom. The topological polar surface area (TPSA) is 113 Å². The van der Waals surface area contributed by atoms with Gasteiger partial charge in [0.2, 0.25) is 11.6 Å². The van der Waals surface area contributed by atoms with Gasteiger partial charge in [-0.3, -0.25) is 14.9 Å². The summed E-state index contributed by atoms with van der Waals surface area (Å²) in [5.41, 5.74) is 1.30. The summed E-state index contributed by atoms with van der Waals surface area (Å²) in [6.45, 7) is 0.0709. The second kappa shape index (κ2) is 11.0. The number of hydrogen-bond donors (Lipinski definition) is 0. The van der Waals surface area contributed by atoms with Crippen molar-refractivity contribution in [3.05, 3.63) is 132 Å². The SMILES string of the molecule is O=c1c2ccccc2nc(-c2cc3cc(Br)ccc3o2)n1N=Cc1cc(Cl)cc([N+](=O)[O-])c1OCc1ccccc1. The van der Waals surface area contributed by atoms with Crippen molar-refractivity contribution in [1.29, 1.82) is 0 Å². The predicted octanol–water partition coefficient (Wildman–Crippen LogP) is 7.60. The smallest absolute Gasteiger partial charge is 0.313 e. The third kappa shape index (κ3) is 5.34. The first kappa shape index (κ1) is 26.4. The minimum Gasteiger partial charge on any atom is -0.481 e. The van der Waals surface area contributed by atoms with Crippen molar-refractivity contribution in [2.45, 2.75) is 6.61 Å². The van der Waals surface area contributed by atoms with Gasteiger partial charge in [0, 0.05) is 26.5 Å². The molecule has 0 unspecified atom stereocenters. The molecule has 0 aliphatic carbocycles. The van der Waals surface area contributed by atoms with Gasteiger partial charge < -0.3 is 9.15 Å². The van der Waals surface area contributed by atoms with Gasteiger partial charge in [-0.15, -0.1) is 0 Å². The average Bonchev–Trinajstić information content (AvgIpc) is 3.39. The van der Waals surface area contributed by atoms with Gasteiger partial charge in [-0.2, -0.15) is 9.78 Å². The lowest BCUT2D eigenvalue weighted by molar-refractivity contribution is -0.385. The summed E-state index contributed by atoms with van der Waals surface area (Å²) >= 11 is 9.69. The van der Waals surface area contributed by atoms with Gasteiger partial charge in [-0.1, -0.05) is 70.0 Å². The number of halogens is 2. The van der Waals surface area contributed by atoms with E-state index in [1.54, 1.807) is 36.4 Å². The quantitative estimate of drug-likeness (QED) is 0.102. The Hall–Kier alpha value is -4.80. The molecule has 2 heterocycles. The van der Waals surface area contributed by atoms with Crippen LogP contribution >= 0.6 is 27.5 Å². The minimum absolute atomic E-state index is 0.0380. The number of furan rings is 1. The zero-order valence-corrected chi connectivity index (χ0v) is 23.4. The van der Waals surface area contributed by atoms with Crippen LogP contribution in [0.2, 0.25) is 5.02 Å². The van der Waals surface area contributed by atoms with Crippen molar-refractivity contribution < 1.29 is 14.1 Å². The van der Waals surface area contributed by atoms with Crippen LogP contribution in [-0.4, -0.2) is 20.8 Å². The van der Waals surface area contributed by atoms with Crippen LogP contribution in [0.3, 0.4) is 0 Å². The molecule has 9 nitrogen and oxygen atoms in total. The maximum Gasteiger partial charge on any atom is 0.313 e. The molecular weight excluding hydrogens is 612 g/mol. The highest BCUT2D eigenvalue weighted by molar-refractivity contribution is 9.10. The number of rotatable bonds is 7. The van der Waals surface area contributed by atoms with E-state index in [4.69, 9.17) is 20.8 Å². The first-order valence-electron chi connectivity index (χ1n) is 12.3. The number of nitro benzene ring substituents is 1. The Labute approximate surface area is 245 Å². The summed E-state index contributed by atoms with van der Waals surface area (Å²) in [7, 11) is 0. The lowest BCUT2D eigenvalue weighted by Gasteiger charge is -2.11. The monoisotopic (exact) mass is 628 g/mol. The van der Waals surface area contributed by atoms with E-state index in [2.05, 4.69) is 26.0 Å². The molecule has 202 valence electrons. The Morgan fingerprint density at radius 1 is 1.05 bits per heavy atom. The van der Waals surface area contributed by atoms with Gasteiger partial charge in [0.1, 0.15) is 12.2 Å². The Kier molecular flexibility index (Phi) is 7.08. The number of benzene rings is 4. The molecule has 0 atom stereocenters. The molecule has 6 aromatic rings. The number of aromatic nitrogens is 2. The first-order valence-corrected chi connectivity index (χ1v) is 13.4. The van der Waals surface area contributed by atoms with E-state index in [9.17, 15) is 14.9 Å². The summed E-state index contributed by atoms with van der Waals surface area (Å²) in [5.74, 6) is 0.431. The molecule has 6 rings (SSSR count). The molecule has 0 amide bonds. The minimum atomic E-state index is -0.578. The maximum absolute atomic E-state index is 13.6. The van der Waals surface area contributed by atoms with E-state index in [-0.39, 0.29) is 34.5 Å². The van der Waals surface area contributed by atoms with Crippen molar-refractivity contribution in [3.63, 3.8) is 0 Å². The van der Waals surface area contributed by atoms with Crippen LogP contribution in [0.1, 0.15) is 11.1 Å². The highest BCUT2D eigenvalue weighted by atomic mass is 79.9. The molecule has 0 bridgehead atoms. The summed E-state index contributed by atoms with van der Waals surface area (Å²) in [6, 6.07) is 26.1. The lowest BCUT2D eigenvalue weighted by atomic mass is 10.2. The van der Waals surface area contributed by atoms with Crippen molar-refractivity contribution in [2.24, 2.45) is 5.10 Å². The van der Waals surface area contributed by atoms with E-state index in [0.717, 1.165) is 20.1 Å². The molecule has 0 spiro atoms. The van der Waals surface area contributed by atoms with Crippen LogP contribution in [0.15, 0.2) is 110 Å². The lowest BCUT2D eigenvalue weighted by Crippen LogP contribution is -2.20. The van der Waals surface area contributed by atoms with E-state index in [1.165, 1.54) is 18.3 Å². The average molecular weight is 630 g/mol. The summed E-state index contributed by atoms with van der Waals surface area (Å²) in [4.78, 5) is 29.6. The second-order valence-corrected chi connectivity index (χ2v) is 10.3. The third-order valence-corrected chi connectivity index (χ3v) is 6.96. The molecule has 0 N–H and O–H groups in total. The number of hydrogen-bond acceptors (Lipinski definition) is 7. The van der Waals surface area contributed by atoms with Crippen molar-refractivity contribution in [1.82, 2.24) is 9.66 Å². The van der Waals surface area contributed by atoms with Gasteiger partial charge in [-0.25, -0.2) is 4.98 Å². The summed E-state index contributed by atoms with van der Waals surface area (Å²) in [5, 5.41) is 17.6. The van der Waals surface area contributed by atoms with Gasteiger partial charge in [0.05, 0.1) is 22.0 Å². The van der Waals surface area contributed by atoms with E-state index in [0.29, 0.717) is 22.2 Å². The predicted molar refractivity (Wildman–Crippen MR) is 161 cm³/mol. The standard InChI is InChI=1S/C30H18BrClN4O5/c31-21-10-11-26-19(12-21)14-27(41-26)29-34-24-9-5-4-8-23(24)30(37)35(29)33-16-20-13-22(32)15-25(36(38)39)28(20)40-17-18-6-2-1-3-7-18/h1-16H,17H2. The van der Waals surface area contributed by atoms with Gasteiger partial charge in [0.25, 0.3) is 5.56 Å². The van der Waals surface area contributed by atoms with Crippen molar-refractivity contribution in [2.75, 3.05) is 0 Å². The van der Waals surface area contributed by atoms with Crippen LogP contribution in [-0.2, 0) is 6.61 Å². The molecule has 0 radical (unpaired) electrons. The zero-order chi connectivity index (χ0) is 28.5. The van der Waals surface area contributed by atoms with Crippen molar-refractivity contribution >= 4 is 61.3 Å². The fourth-order valence-corrected chi connectivity index (χ4v) is 4.95. The van der Waals surface area contributed by atoms with Crippen LogP contribution in [0.25, 0.3) is 33.5 Å². The van der Waals surface area contributed by atoms with Gasteiger partial charge >= 0.3 is 5.69 Å². The molecule has 11 heteroatoms. The van der Waals surface area contributed by atoms with E-state index < -0.39 is 10.5 Å². The fraction of sp³-hybridized carbons (Fsp3) is 0.0333. The number of nitrogens with zero attached hydrogens (tertiary/aromatic N) is 4. The largest absolute Gasteiger partial charge is 0.481 e. The highest BCUT2D eigenvalue weighted by Gasteiger charge is 2.22. The molecule has 41 heavy (non-hydrogen) atoms. The fourth-order valence-electron chi connectivity index (χ4n) is 4.35. The van der Waals surface area contributed by atoms with E-state index in [1.807, 2.05) is 42.5 Å². The molecule has 4 aromatic carbocycles. The number of fused-ring (bicyclic) bond motifs is 2. The second-order valence-electron chi connectivity index (χ2n) is 8.98. The molecule has 0 saturated carbocycles. The number of para-hydroxylation sites is 1. The van der Waals surface area contributed by atoms with Crippen LogP contribution in [0.4, 0.5) is 5.69 Å². The Balaban J connectivity index is 1.51. The first-order chi connectivity index (χ1) is 19.9. The number of nitro groups is 1. The highest BCUT2D eigenvalue weighted by Crippen LogP contribution is 2.35. The maximum atomic E-state index is 13.6. The molecule has 2 aromatic heterocycles. The number of ether oxygens (including phenoxy) is 1. The molecular formula is C30H18BrClN4O5. The Bertz CT molecular complexity index is 2040. The summed E-state index contributed by atoms with van der Waals surface area (Å²) in [6.07, 6.45) is 1.29. The van der Waals surface area contributed by atoms with Gasteiger partial charge in [0.15, 0.2) is 5.76 Å².